The van der Waals surface area contributed by atoms with Gasteiger partial charge in [0.05, 0.1) is 31.6 Å². The second-order valence-electron chi connectivity index (χ2n) is 11.2. The Bertz CT molecular complexity index is 1460. The summed E-state index contributed by atoms with van der Waals surface area (Å²) in [5.41, 5.74) is 5.40. The molecule has 0 saturated carbocycles. The van der Waals surface area contributed by atoms with Gasteiger partial charge in [0.15, 0.2) is 0 Å². The van der Waals surface area contributed by atoms with Crippen molar-refractivity contribution in [1.29, 1.82) is 0 Å². The number of hydrogen-bond acceptors (Lipinski definition) is 7. The molecule has 3 aromatic rings. The van der Waals surface area contributed by atoms with E-state index >= 15 is 0 Å². The van der Waals surface area contributed by atoms with Crippen LogP contribution >= 0.6 is 0 Å². The fourth-order valence-electron chi connectivity index (χ4n) is 6.43. The lowest BCUT2D eigenvalue weighted by Gasteiger charge is -2.28. The summed E-state index contributed by atoms with van der Waals surface area (Å²) >= 11 is 0. The zero-order chi connectivity index (χ0) is 28.5. The number of aromatic nitrogens is 2. The van der Waals surface area contributed by atoms with Crippen LogP contribution in [0.4, 0.5) is 0 Å². The van der Waals surface area contributed by atoms with Crippen LogP contribution in [0.25, 0.3) is 22.3 Å². The molecule has 2 saturated heterocycles. The first kappa shape index (κ1) is 27.6. The van der Waals surface area contributed by atoms with Crippen molar-refractivity contribution in [2.75, 3.05) is 40.5 Å². The maximum absolute atomic E-state index is 13.3. The van der Waals surface area contributed by atoms with Gasteiger partial charge in [0.25, 0.3) is 5.91 Å². The summed E-state index contributed by atoms with van der Waals surface area (Å²) < 4.78 is 13.2. The molecule has 2 fully saturated rings. The zero-order valence-electron chi connectivity index (χ0n) is 23.7. The van der Waals surface area contributed by atoms with Crippen molar-refractivity contribution >= 4 is 29.1 Å². The van der Waals surface area contributed by atoms with Gasteiger partial charge in [-0.15, -0.1) is 0 Å². The monoisotopic (exact) mass is 559 g/mol. The van der Waals surface area contributed by atoms with Crippen molar-refractivity contribution in [3.63, 3.8) is 0 Å². The van der Waals surface area contributed by atoms with Crippen molar-refractivity contribution in [2.24, 2.45) is 0 Å². The lowest BCUT2D eigenvalue weighted by molar-refractivity contribution is -0.125. The first-order chi connectivity index (χ1) is 20.0. The Morgan fingerprint density at radius 1 is 1.27 bits per heavy atom. The Morgan fingerprint density at radius 2 is 2.12 bits per heavy atom. The molecule has 2 unspecified atom stereocenters. The van der Waals surface area contributed by atoms with Gasteiger partial charge in [-0.3, -0.25) is 14.5 Å². The number of nitrogens with one attached hydrogen (secondary N) is 1. The Balaban J connectivity index is 1.36. The lowest BCUT2D eigenvalue weighted by atomic mass is 10.0. The molecule has 216 valence electrons. The third-order valence-electron chi connectivity index (χ3n) is 8.73. The van der Waals surface area contributed by atoms with Gasteiger partial charge in [-0.05, 0) is 61.2 Å². The molecular formula is C31H37N5O5. The van der Waals surface area contributed by atoms with E-state index in [-0.39, 0.29) is 24.3 Å². The molecule has 2 atom stereocenters. The highest BCUT2D eigenvalue weighted by Gasteiger charge is 2.36. The van der Waals surface area contributed by atoms with Gasteiger partial charge < -0.3 is 29.1 Å². The van der Waals surface area contributed by atoms with Crippen LogP contribution in [0, 0.1) is 0 Å². The Hall–Kier alpha value is -3.60. The van der Waals surface area contributed by atoms with Crippen LogP contribution in [0.3, 0.4) is 0 Å². The van der Waals surface area contributed by atoms with E-state index in [1.54, 1.807) is 19.1 Å². The van der Waals surface area contributed by atoms with Crippen molar-refractivity contribution in [3.8, 4) is 11.3 Å². The average molecular weight is 560 g/mol. The fraction of sp³-hybridized carbons (Fsp3) is 0.484. The van der Waals surface area contributed by atoms with Gasteiger partial charge in [0.2, 0.25) is 5.91 Å². The molecule has 0 bridgehead atoms. The van der Waals surface area contributed by atoms with Crippen LogP contribution in [0.2, 0.25) is 0 Å². The molecule has 5 heterocycles. The van der Waals surface area contributed by atoms with Crippen molar-refractivity contribution in [2.45, 2.75) is 56.9 Å². The molecule has 0 spiro atoms. The maximum atomic E-state index is 13.3. The number of methoxy groups -OCH3 is 1. The van der Waals surface area contributed by atoms with E-state index in [1.807, 2.05) is 18.2 Å². The first-order valence-corrected chi connectivity index (χ1v) is 14.4. The Labute approximate surface area is 239 Å². The average Bonchev–Trinajstić information content (AvgIpc) is 3.66. The topological polar surface area (TPSA) is 106 Å². The molecule has 2 amide bonds. The molecule has 0 radical (unpaired) electrons. The number of pyridine rings is 1. The number of nitrogens with zero attached hydrogens (tertiary/aromatic N) is 4. The van der Waals surface area contributed by atoms with Gasteiger partial charge in [-0.25, -0.2) is 4.98 Å². The minimum absolute atomic E-state index is 0.188. The molecule has 1 aromatic carbocycles. The van der Waals surface area contributed by atoms with Gasteiger partial charge >= 0.3 is 0 Å². The molecule has 10 nitrogen and oxygen atoms in total. The van der Waals surface area contributed by atoms with E-state index < -0.39 is 6.04 Å². The van der Waals surface area contributed by atoms with Crippen LogP contribution in [-0.2, 0) is 32.2 Å². The molecule has 3 aliphatic rings. The number of carbonyl (C=O) groups is 3. The number of fused-ring (bicyclic) bond motifs is 2. The van der Waals surface area contributed by atoms with Crippen LogP contribution in [0.5, 0.6) is 0 Å². The molecule has 10 heteroatoms. The third-order valence-corrected chi connectivity index (χ3v) is 8.73. The lowest BCUT2D eigenvalue weighted by Crippen LogP contribution is -2.46. The number of aldehydes is 1. The van der Waals surface area contributed by atoms with E-state index in [9.17, 15) is 14.4 Å². The summed E-state index contributed by atoms with van der Waals surface area (Å²) in [6.07, 6.45) is 5.70. The van der Waals surface area contributed by atoms with Crippen molar-refractivity contribution < 1.29 is 23.9 Å². The molecule has 6 rings (SSSR count). The molecule has 41 heavy (non-hydrogen) atoms. The molecule has 0 aliphatic carbocycles. The summed E-state index contributed by atoms with van der Waals surface area (Å²) in [4.78, 5) is 46.2. The van der Waals surface area contributed by atoms with Crippen LogP contribution in [0.1, 0.15) is 53.2 Å². The first-order valence-electron chi connectivity index (χ1n) is 14.4. The quantitative estimate of drug-likeness (QED) is 0.360. The predicted octanol–water partition coefficient (Wildman–Crippen LogP) is 2.93. The number of likely N-dealkylation sites (N-methyl/N-ethyl adjacent to an activating group) is 1. The predicted molar refractivity (Wildman–Crippen MR) is 153 cm³/mol. The van der Waals surface area contributed by atoms with Crippen LogP contribution in [-0.4, -0.2) is 90.1 Å². The Morgan fingerprint density at radius 3 is 2.85 bits per heavy atom. The van der Waals surface area contributed by atoms with Gasteiger partial charge in [-0.1, -0.05) is 6.07 Å². The number of benzene rings is 1. The summed E-state index contributed by atoms with van der Waals surface area (Å²) in [7, 11) is 3.31. The second-order valence-corrected chi connectivity index (χ2v) is 11.2. The molecular weight excluding hydrogens is 522 g/mol. The summed E-state index contributed by atoms with van der Waals surface area (Å²) in [6.45, 7) is 4.25. The Kier molecular flexibility index (Phi) is 7.88. The zero-order valence-corrected chi connectivity index (χ0v) is 23.7. The maximum Gasteiger partial charge on any atom is 0.255 e. The van der Waals surface area contributed by atoms with E-state index in [2.05, 4.69) is 33.1 Å². The minimum Gasteiger partial charge on any atom is -0.383 e. The van der Waals surface area contributed by atoms with Crippen molar-refractivity contribution in [1.82, 2.24) is 24.7 Å². The normalized spacial score (nSPS) is 19.9. The smallest absolute Gasteiger partial charge is 0.255 e. The highest BCUT2D eigenvalue weighted by molar-refractivity contribution is 6.01. The van der Waals surface area contributed by atoms with Gasteiger partial charge in [0.1, 0.15) is 18.0 Å². The van der Waals surface area contributed by atoms with E-state index in [4.69, 9.17) is 14.5 Å². The van der Waals surface area contributed by atoms with E-state index in [1.165, 1.54) is 5.56 Å². The molecule has 1 N–H and O–H groups in total. The van der Waals surface area contributed by atoms with Crippen LogP contribution in [0.15, 0.2) is 36.5 Å². The largest absolute Gasteiger partial charge is 0.383 e. The molecule has 3 aliphatic heterocycles. The van der Waals surface area contributed by atoms with E-state index in [0.717, 1.165) is 66.7 Å². The fourth-order valence-corrected chi connectivity index (χ4v) is 6.43. The van der Waals surface area contributed by atoms with Gasteiger partial charge in [-0.2, -0.15) is 0 Å². The number of rotatable bonds is 11. The van der Waals surface area contributed by atoms with Crippen molar-refractivity contribution in [3.05, 3.63) is 53.2 Å². The van der Waals surface area contributed by atoms with Crippen LogP contribution < -0.4 is 5.32 Å². The number of likely N-dealkylation sites (tertiary alicyclic amines) is 1. The summed E-state index contributed by atoms with van der Waals surface area (Å²) in [5, 5.41) is 3.79. The van der Waals surface area contributed by atoms with E-state index in [0.29, 0.717) is 37.8 Å². The number of amides is 2. The highest BCUT2D eigenvalue weighted by atomic mass is 16.5. The molecule has 2 aromatic heterocycles. The second kappa shape index (κ2) is 11.7. The van der Waals surface area contributed by atoms with Gasteiger partial charge in [0, 0.05) is 62.4 Å². The number of ether oxygens (including phenoxy) is 2. The highest BCUT2D eigenvalue weighted by Crippen LogP contribution is 2.34. The number of hydrogen-bond donors (Lipinski definition) is 1. The third kappa shape index (κ3) is 5.16. The summed E-state index contributed by atoms with van der Waals surface area (Å²) in [5.74, 6) is -0.452. The minimum atomic E-state index is -0.692. The summed E-state index contributed by atoms with van der Waals surface area (Å²) in [6, 6.07) is 10.1. The SMILES string of the molecule is CNC(=O)C(CCC=O)N1Cc2cc(-c3cc(CN4CCCC4COC)c4ccn(C5COC5)c4n3)ccc2C1=O. The number of carbonyl (C=O) groups excluding carboxylic acids is 3. The standard InChI is InChI=1S/C31H37N5O5/c1-32-30(38)28(6-4-12-37)36-16-21-13-20(7-8-26(21)31(36)39)27-14-22(15-34-10-3-5-23(34)17-40-2)25-9-11-35(29(25)33-27)24-18-41-19-24/h7-9,11-14,23-24,28H,3-6,10,15-19H2,1-2H3,(H,32,38).